The molecule has 10 nitrogen and oxygen atoms in total. The van der Waals surface area contributed by atoms with E-state index in [1.165, 1.54) is 0 Å². The first-order valence-corrected chi connectivity index (χ1v) is 14.3. The van der Waals surface area contributed by atoms with Crippen molar-refractivity contribution in [2.24, 2.45) is 0 Å². The number of nitrogens with zero attached hydrogens (tertiary/aromatic N) is 2. The molecule has 0 aromatic heterocycles. The van der Waals surface area contributed by atoms with Crippen LogP contribution in [0.1, 0.15) is 92.9 Å². The summed E-state index contributed by atoms with van der Waals surface area (Å²) in [5, 5.41) is 17.6. The fourth-order valence-electron chi connectivity index (χ4n) is 6.19. The van der Waals surface area contributed by atoms with Gasteiger partial charge in [-0.3, -0.25) is 0 Å². The molecule has 4 aliphatic heterocycles. The van der Waals surface area contributed by atoms with Crippen LogP contribution >= 0.6 is 0 Å². The zero-order valence-corrected chi connectivity index (χ0v) is 24.2. The smallest absolute Gasteiger partial charge is 0.410 e. The second-order valence-corrected chi connectivity index (χ2v) is 12.9. The van der Waals surface area contributed by atoms with Gasteiger partial charge in [-0.15, -0.1) is 0 Å². The van der Waals surface area contributed by atoms with Crippen molar-refractivity contribution in [1.82, 2.24) is 9.80 Å². The zero-order valence-electron chi connectivity index (χ0n) is 24.2. The molecule has 2 N–H and O–H groups in total. The van der Waals surface area contributed by atoms with Crippen LogP contribution in [0.5, 0.6) is 0 Å². The van der Waals surface area contributed by atoms with Crippen molar-refractivity contribution in [3.05, 3.63) is 0 Å². The Morgan fingerprint density at radius 3 is 1.16 bits per heavy atom. The molecule has 0 spiro atoms. The quantitative estimate of drug-likeness (QED) is 0.520. The predicted molar refractivity (Wildman–Crippen MR) is 142 cm³/mol. The van der Waals surface area contributed by atoms with Crippen LogP contribution in [0.25, 0.3) is 0 Å². The molecule has 0 saturated carbocycles. The molecule has 4 rings (SSSR count). The van der Waals surface area contributed by atoms with E-state index in [-0.39, 0.29) is 61.8 Å². The number of hydrogen-bond donors (Lipinski definition) is 2. The molecule has 4 fully saturated rings. The van der Waals surface area contributed by atoms with Gasteiger partial charge in [-0.05, 0) is 92.9 Å². The summed E-state index contributed by atoms with van der Waals surface area (Å²) in [4.78, 5) is 28.2. The highest BCUT2D eigenvalue weighted by atomic mass is 16.6. The van der Waals surface area contributed by atoms with Crippen molar-refractivity contribution in [2.75, 3.05) is 26.4 Å². The maximum atomic E-state index is 12.2. The van der Waals surface area contributed by atoms with Gasteiger partial charge in [0, 0.05) is 24.2 Å². The zero-order chi connectivity index (χ0) is 28.1. The van der Waals surface area contributed by atoms with Gasteiger partial charge in [-0.25, -0.2) is 9.59 Å². The summed E-state index contributed by atoms with van der Waals surface area (Å²) >= 11 is 0. The van der Waals surface area contributed by atoms with Gasteiger partial charge in [0.25, 0.3) is 0 Å². The van der Waals surface area contributed by atoms with Crippen molar-refractivity contribution in [3.63, 3.8) is 0 Å². The van der Waals surface area contributed by atoms with Gasteiger partial charge in [-0.2, -0.15) is 0 Å². The van der Waals surface area contributed by atoms with Crippen LogP contribution in [0.4, 0.5) is 9.59 Å². The maximum absolute atomic E-state index is 12.2. The number of aliphatic hydroxyl groups excluding tert-OH is 2. The van der Waals surface area contributed by atoms with E-state index in [9.17, 15) is 9.59 Å². The van der Waals surface area contributed by atoms with Crippen LogP contribution < -0.4 is 0 Å². The molecule has 38 heavy (non-hydrogen) atoms. The van der Waals surface area contributed by atoms with E-state index < -0.39 is 11.2 Å². The molecule has 4 bridgehead atoms. The van der Waals surface area contributed by atoms with Gasteiger partial charge < -0.3 is 39.0 Å². The lowest BCUT2D eigenvalue weighted by Gasteiger charge is -2.39. The van der Waals surface area contributed by atoms with Crippen molar-refractivity contribution < 1.29 is 38.7 Å². The number of hydrogen-bond acceptors (Lipinski definition) is 8. The van der Waals surface area contributed by atoms with Crippen LogP contribution in [0.15, 0.2) is 0 Å². The Labute approximate surface area is 227 Å². The number of carbonyl (C=O) groups is 2. The molecule has 10 heteroatoms. The van der Waals surface area contributed by atoms with E-state index >= 15 is 0 Å². The monoisotopic (exact) mass is 542 g/mol. The van der Waals surface area contributed by atoms with E-state index in [0.717, 1.165) is 51.4 Å². The average Bonchev–Trinajstić information content (AvgIpc) is 3.24. The molecule has 6 atom stereocenters. The summed E-state index contributed by atoms with van der Waals surface area (Å²) in [5.41, 5.74) is -0.887. The second-order valence-electron chi connectivity index (χ2n) is 12.9. The molecule has 4 heterocycles. The maximum Gasteiger partial charge on any atom is 0.410 e. The standard InChI is InChI=1S/2C14H25NO4/c2*1-14(2,3)19-13(17)15-10-4-5-11(15)9-12(8-10)18-7-6-16/h2*10-12,16H,4-9H2,1-3H3/t2*10-,11+,12?. The predicted octanol–water partition coefficient (Wildman–Crippen LogP) is 3.85. The number of piperidine rings is 2. The van der Waals surface area contributed by atoms with Gasteiger partial charge in [0.15, 0.2) is 0 Å². The lowest BCUT2D eigenvalue weighted by molar-refractivity contribution is -0.0418. The summed E-state index contributed by atoms with van der Waals surface area (Å²) in [7, 11) is 0. The molecule has 2 amide bonds. The fraction of sp³-hybridized carbons (Fsp3) is 0.929. The third-order valence-corrected chi connectivity index (χ3v) is 7.48. The summed E-state index contributed by atoms with van der Waals surface area (Å²) in [6.07, 6.45) is 7.50. The minimum Gasteiger partial charge on any atom is -0.444 e. The Bertz CT molecular complexity index is 688. The molecule has 4 aliphatic rings. The van der Waals surface area contributed by atoms with Crippen LogP contribution in [0.3, 0.4) is 0 Å². The molecule has 220 valence electrons. The summed E-state index contributed by atoms with van der Waals surface area (Å²) < 4.78 is 22.2. The van der Waals surface area contributed by atoms with Crippen molar-refractivity contribution in [2.45, 2.75) is 140 Å². The number of carbonyl (C=O) groups excluding carboxylic acids is 2. The van der Waals surface area contributed by atoms with E-state index in [1.54, 1.807) is 0 Å². The molecule has 0 radical (unpaired) electrons. The first kappa shape index (κ1) is 30.9. The fourth-order valence-corrected chi connectivity index (χ4v) is 6.19. The van der Waals surface area contributed by atoms with Crippen LogP contribution in [-0.2, 0) is 18.9 Å². The second kappa shape index (κ2) is 13.2. The first-order chi connectivity index (χ1) is 17.8. The molecule has 2 unspecified atom stereocenters. The number of rotatable bonds is 6. The largest absolute Gasteiger partial charge is 0.444 e. The van der Waals surface area contributed by atoms with E-state index in [4.69, 9.17) is 29.2 Å². The third kappa shape index (κ3) is 8.69. The Kier molecular flexibility index (Phi) is 10.7. The molecule has 0 aromatic rings. The average molecular weight is 543 g/mol. The minimum absolute atomic E-state index is 0.0572. The SMILES string of the molecule is CC(C)(C)OC(=O)N1[C@@H]2CC[C@H]1CC(OCCO)C2.CC(C)(C)OC(=O)N1[C@@H]2CC[C@H]1CC(OCCO)C2. The van der Waals surface area contributed by atoms with Crippen molar-refractivity contribution in [3.8, 4) is 0 Å². The topological polar surface area (TPSA) is 118 Å². The number of aliphatic hydroxyl groups is 2. The highest BCUT2D eigenvalue weighted by molar-refractivity contribution is 5.70. The Hall–Kier alpha value is -1.62. The molecular formula is C28H50N2O8. The van der Waals surface area contributed by atoms with Gasteiger partial charge in [-0.1, -0.05) is 0 Å². The summed E-state index contributed by atoms with van der Waals surface area (Å²) in [6, 6.07) is 0.934. The molecule has 0 aromatic carbocycles. The number of fused-ring (bicyclic) bond motifs is 4. The highest BCUT2D eigenvalue weighted by Gasteiger charge is 2.46. The summed E-state index contributed by atoms with van der Waals surface area (Å²) in [5.74, 6) is 0. The van der Waals surface area contributed by atoms with Gasteiger partial charge >= 0.3 is 12.2 Å². The Morgan fingerprint density at radius 2 is 0.921 bits per heavy atom. The van der Waals surface area contributed by atoms with Gasteiger partial charge in [0.05, 0.1) is 38.6 Å². The number of ether oxygens (including phenoxy) is 4. The Balaban J connectivity index is 0.000000211. The third-order valence-electron chi connectivity index (χ3n) is 7.48. The van der Waals surface area contributed by atoms with E-state index in [2.05, 4.69) is 0 Å². The normalized spacial score (nSPS) is 30.5. The summed E-state index contributed by atoms with van der Waals surface area (Å²) in [6.45, 7) is 12.2. The molecular weight excluding hydrogens is 492 g/mol. The molecule has 0 aliphatic carbocycles. The van der Waals surface area contributed by atoms with Gasteiger partial charge in [0.2, 0.25) is 0 Å². The minimum atomic E-state index is -0.444. The van der Waals surface area contributed by atoms with Crippen molar-refractivity contribution >= 4 is 12.2 Å². The van der Waals surface area contributed by atoms with Crippen molar-refractivity contribution in [1.29, 1.82) is 0 Å². The Morgan fingerprint density at radius 1 is 0.632 bits per heavy atom. The van der Waals surface area contributed by atoms with Crippen LogP contribution in [0.2, 0.25) is 0 Å². The van der Waals surface area contributed by atoms with Gasteiger partial charge in [0.1, 0.15) is 11.2 Å². The van der Waals surface area contributed by atoms with E-state index in [0.29, 0.717) is 13.2 Å². The first-order valence-electron chi connectivity index (χ1n) is 14.3. The van der Waals surface area contributed by atoms with E-state index in [1.807, 2.05) is 51.3 Å². The lowest BCUT2D eigenvalue weighted by Crippen LogP contribution is -2.50. The van der Waals surface area contributed by atoms with Crippen LogP contribution in [0, 0.1) is 0 Å². The lowest BCUT2D eigenvalue weighted by atomic mass is 10.0. The van der Waals surface area contributed by atoms with Crippen LogP contribution in [-0.4, -0.2) is 106 Å². The molecule has 4 saturated heterocycles. The highest BCUT2D eigenvalue weighted by Crippen LogP contribution is 2.39. The number of amides is 2.